The minimum atomic E-state index is -0.560. The second-order valence-electron chi connectivity index (χ2n) is 4.88. The molecule has 0 radical (unpaired) electrons. The second-order valence-corrected chi connectivity index (χ2v) is 5.29. The Morgan fingerprint density at radius 1 is 1.57 bits per heavy atom. The summed E-state index contributed by atoms with van der Waals surface area (Å²) in [5, 5.41) is 14.2. The SMILES string of the molecule is NC(=O)C(CCOc1c(Cl)cccc1[N+](=O)[O-])NC1CC1. The van der Waals surface area contributed by atoms with E-state index in [2.05, 4.69) is 5.32 Å². The molecule has 1 aliphatic carbocycles. The summed E-state index contributed by atoms with van der Waals surface area (Å²) in [6.45, 7) is 0.109. The van der Waals surface area contributed by atoms with Gasteiger partial charge in [-0.3, -0.25) is 14.9 Å². The van der Waals surface area contributed by atoms with Gasteiger partial charge in [0.1, 0.15) is 0 Å². The van der Waals surface area contributed by atoms with Gasteiger partial charge in [-0.25, -0.2) is 0 Å². The molecule has 1 amide bonds. The molecule has 8 heteroatoms. The average Bonchev–Trinajstić information content (AvgIpc) is 3.22. The van der Waals surface area contributed by atoms with E-state index in [-0.39, 0.29) is 23.1 Å². The zero-order valence-electron chi connectivity index (χ0n) is 11.3. The molecule has 1 aliphatic rings. The molecule has 0 aromatic heterocycles. The Morgan fingerprint density at radius 2 is 2.29 bits per heavy atom. The van der Waals surface area contributed by atoms with Crippen LogP contribution in [0.5, 0.6) is 5.75 Å². The monoisotopic (exact) mass is 313 g/mol. The highest BCUT2D eigenvalue weighted by molar-refractivity contribution is 6.32. The van der Waals surface area contributed by atoms with Gasteiger partial charge in [0.15, 0.2) is 0 Å². The molecule has 21 heavy (non-hydrogen) atoms. The van der Waals surface area contributed by atoms with Crippen LogP contribution < -0.4 is 15.8 Å². The average molecular weight is 314 g/mol. The summed E-state index contributed by atoms with van der Waals surface area (Å²) in [6.07, 6.45) is 2.38. The first-order chi connectivity index (χ1) is 9.99. The van der Waals surface area contributed by atoms with Gasteiger partial charge in [-0.1, -0.05) is 17.7 Å². The summed E-state index contributed by atoms with van der Waals surface area (Å²) in [5.41, 5.74) is 5.11. The maximum atomic E-state index is 11.3. The van der Waals surface area contributed by atoms with Crippen molar-refractivity contribution >= 4 is 23.2 Å². The molecule has 1 unspecified atom stereocenters. The fourth-order valence-corrected chi connectivity index (χ4v) is 2.13. The summed E-state index contributed by atoms with van der Waals surface area (Å²) < 4.78 is 5.39. The predicted octanol–water partition coefficient (Wildman–Crippen LogP) is 1.62. The van der Waals surface area contributed by atoms with E-state index in [0.717, 1.165) is 12.8 Å². The largest absolute Gasteiger partial charge is 0.486 e. The van der Waals surface area contributed by atoms with Crippen LogP contribution in [0.15, 0.2) is 18.2 Å². The fraction of sp³-hybridized carbons (Fsp3) is 0.462. The van der Waals surface area contributed by atoms with E-state index in [1.807, 2.05) is 0 Å². The molecule has 1 aromatic carbocycles. The summed E-state index contributed by atoms with van der Waals surface area (Å²) in [6, 6.07) is 4.14. The van der Waals surface area contributed by atoms with Gasteiger partial charge in [-0.15, -0.1) is 0 Å². The summed E-state index contributed by atoms with van der Waals surface area (Å²) in [7, 11) is 0. The maximum Gasteiger partial charge on any atom is 0.312 e. The van der Waals surface area contributed by atoms with Crippen molar-refractivity contribution in [2.45, 2.75) is 31.3 Å². The van der Waals surface area contributed by atoms with Crippen molar-refractivity contribution in [1.29, 1.82) is 0 Å². The number of nitrogens with two attached hydrogens (primary N) is 1. The summed E-state index contributed by atoms with van der Waals surface area (Å²) in [4.78, 5) is 21.7. The van der Waals surface area contributed by atoms with Crippen molar-refractivity contribution in [3.8, 4) is 5.75 Å². The van der Waals surface area contributed by atoms with Crippen LogP contribution in [0.25, 0.3) is 0 Å². The van der Waals surface area contributed by atoms with Gasteiger partial charge in [-0.2, -0.15) is 0 Å². The number of rotatable bonds is 8. The number of primary amides is 1. The number of hydrogen-bond acceptors (Lipinski definition) is 5. The lowest BCUT2D eigenvalue weighted by Crippen LogP contribution is -2.43. The molecule has 0 saturated heterocycles. The highest BCUT2D eigenvalue weighted by atomic mass is 35.5. The van der Waals surface area contributed by atoms with Crippen LogP contribution in [0.1, 0.15) is 19.3 Å². The third-order valence-electron chi connectivity index (χ3n) is 3.15. The molecule has 3 N–H and O–H groups in total. The minimum absolute atomic E-state index is 0.0128. The Morgan fingerprint density at radius 3 is 2.86 bits per heavy atom. The number of nitrogens with one attached hydrogen (secondary N) is 1. The lowest BCUT2D eigenvalue weighted by Gasteiger charge is -2.15. The molecule has 1 fully saturated rings. The summed E-state index contributed by atoms with van der Waals surface area (Å²) in [5.74, 6) is -0.446. The first kappa shape index (κ1) is 15.5. The van der Waals surface area contributed by atoms with Crippen molar-refractivity contribution in [2.24, 2.45) is 5.73 Å². The molecule has 114 valence electrons. The molecule has 1 aromatic rings. The summed E-state index contributed by atoms with van der Waals surface area (Å²) >= 11 is 5.91. The van der Waals surface area contributed by atoms with Gasteiger partial charge in [0.2, 0.25) is 11.7 Å². The zero-order chi connectivity index (χ0) is 15.4. The number of para-hydroxylation sites is 1. The second kappa shape index (κ2) is 6.73. The zero-order valence-corrected chi connectivity index (χ0v) is 12.0. The van der Waals surface area contributed by atoms with E-state index < -0.39 is 16.9 Å². The van der Waals surface area contributed by atoms with E-state index in [4.69, 9.17) is 22.1 Å². The maximum absolute atomic E-state index is 11.3. The third-order valence-corrected chi connectivity index (χ3v) is 3.45. The number of carbonyl (C=O) groups is 1. The Hall–Kier alpha value is -1.86. The Bertz CT molecular complexity index is 548. The van der Waals surface area contributed by atoms with Crippen molar-refractivity contribution in [3.63, 3.8) is 0 Å². The van der Waals surface area contributed by atoms with Crippen LogP contribution in [0.4, 0.5) is 5.69 Å². The van der Waals surface area contributed by atoms with Gasteiger partial charge in [0.25, 0.3) is 0 Å². The van der Waals surface area contributed by atoms with Gasteiger partial charge in [-0.05, 0) is 18.9 Å². The fourth-order valence-electron chi connectivity index (χ4n) is 1.91. The number of amides is 1. The van der Waals surface area contributed by atoms with Crippen molar-refractivity contribution < 1.29 is 14.5 Å². The number of benzene rings is 1. The van der Waals surface area contributed by atoms with E-state index >= 15 is 0 Å². The van der Waals surface area contributed by atoms with Crippen molar-refractivity contribution in [3.05, 3.63) is 33.3 Å². The third kappa shape index (κ3) is 4.30. The van der Waals surface area contributed by atoms with Crippen LogP contribution in [0.3, 0.4) is 0 Å². The first-order valence-electron chi connectivity index (χ1n) is 6.60. The number of hydrogen-bond donors (Lipinski definition) is 2. The number of carbonyl (C=O) groups excluding carboxylic acids is 1. The Balaban J connectivity index is 1.95. The smallest absolute Gasteiger partial charge is 0.312 e. The normalized spacial score (nSPS) is 15.5. The first-order valence-corrected chi connectivity index (χ1v) is 6.98. The molecule has 0 heterocycles. The Kier molecular flexibility index (Phi) is 4.98. The number of halogens is 1. The Labute approximate surface area is 126 Å². The molecule has 2 rings (SSSR count). The standard InChI is InChI=1S/C13H16ClN3O4/c14-9-2-1-3-11(17(19)20)12(9)21-7-6-10(13(15)18)16-8-4-5-8/h1-3,8,10,16H,4-7H2,(H2,15,18). The molecule has 0 bridgehead atoms. The molecular weight excluding hydrogens is 298 g/mol. The van der Waals surface area contributed by atoms with Crippen LogP contribution in [-0.2, 0) is 4.79 Å². The molecular formula is C13H16ClN3O4. The number of nitrogens with zero attached hydrogens (tertiary/aromatic N) is 1. The van der Waals surface area contributed by atoms with Gasteiger partial charge >= 0.3 is 5.69 Å². The van der Waals surface area contributed by atoms with Gasteiger partial charge < -0.3 is 15.8 Å². The van der Waals surface area contributed by atoms with E-state index in [9.17, 15) is 14.9 Å². The number of ether oxygens (including phenoxy) is 1. The number of nitro benzene ring substituents is 1. The van der Waals surface area contributed by atoms with Crippen molar-refractivity contribution in [2.75, 3.05) is 6.61 Å². The molecule has 1 atom stereocenters. The van der Waals surface area contributed by atoms with Crippen LogP contribution in [0, 0.1) is 10.1 Å². The predicted molar refractivity (Wildman–Crippen MR) is 77.4 cm³/mol. The topological polar surface area (TPSA) is 107 Å². The quantitative estimate of drug-likeness (QED) is 0.560. The molecule has 0 spiro atoms. The lowest BCUT2D eigenvalue weighted by molar-refractivity contribution is -0.385. The highest BCUT2D eigenvalue weighted by Crippen LogP contribution is 2.34. The van der Waals surface area contributed by atoms with E-state index in [1.165, 1.54) is 18.2 Å². The molecule has 0 aliphatic heterocycles. The minimum Gasteiger partial charge on any atom is -0.486 e. The molecule has 7 nitrogen and oxygen atoms in total. The van der Waals surface area contributed by atoms with Crippen LogP contribution >= 0.6 is 11.6 Å². The highest BCUT2D eigenvalue weighted by Gasteiger charge is 2.27. The van der Waals surface area contributed by atoms with E-state index in [0.29, 0.717) is 12.5 Å². The van der Waals surface area contributed by atoms with Crippen LogP contribution in [-0.4, -0.2) is 29.5 Å². The van der Waals surface area contributed by atoms with Crippen molar-refractivity contribution in [1.82, 2.24) is 5.32 Å². The lowest BCUT2D eigenvalue weighted by atomic mass is 10.2. The van der Waals surface area contributed by atoms with Gasteiger partial charge in [0.05, 0.1) is 22.6 Å². The van der Waals surface area contributed by atoms with E-state index in [1.54, 1.807) is 0 Å². The molecule has 1 saturated carbocycles. The van der Waals surface area contributed by atoms with Gasteiger partial charge in [0, 0.05) is 18.5 Å². The number of nitro groups is 1. The van der Waals surface area contributed by atoms with Crippen LogP contribution in [0.2, 0.25) is 5.02 Å².